The van der Waals surface area contributed by atoms with Gasteiger partial charge in [-0.3, -0.25) is 4.79 Å². The molecule has 2 fully saturated rings. The second-order valence-electron chi connectivity index (χ2n) is 9.50. The van der Waals surface area contributed by atoms with Crippen molar-refractivity contribution in [3.63, 3.8) is 0 Å². The summed E-state index contributed by atoms with van der Waals surface area (Å²) < 4.78 is 54.1. The maximum Gasteiger partial charge on any atom is 0.255 e. The number of carbonyl (C=O) groups excluding carboxylic acids is 1. The molecule has 2 aliphatic rings. The van der Waals surface area contributed by atoms with E-state index in [0.717, 1.165) is 12.1 Å². The molecular weight excluding hydrogens is 546 g/mol. The summed E-state index contributed by atoms with van der Waals surface area (Å²) >= 11 is 7.50. The van der Waals surface area contributed by atoms with Crippen molar-refractivity contribution in [1.29, 1.82) is 0 Å². The minimum atomic E-state index is -4.02. The highest BCUT2D eigenvalue weighted by atomic mass is 35.5. The highest BCUT2D eigenvalue weighted by Gasteiger charge is 2.59. The van der Waals surface area contributed by atoms with E-state index in [2.05, 4.69) is 10.3 Å². The van der Waals surface area contributed by atoms with E-state index >= 15 is 0 Å². The Balaban J connectivity index is 1.39. The fourth-order valence-electron chi connectivity index (χ4n) is 5.63. The molecule has 1 aromatic heterocycles. The molecule has 3 aromatic rings. The fourth-order valence-corrected chi connectivity index (χ4v) is 8.73. The molecule has 3 atom stereocenters. The molecule has 0 saturated heterocycles. The summed E-state index contributed by atoms with van der Waals surface area (Å²) in [4.78, 5) is 16.6. The van der Waals surface area contributed by atoms with Crippen molar-refractivity contribution in [2.24, 2.45) is 11.8 Å². The third-order valence-electron chi connectivity index (χ3n) is 7.51. The first-order valence-corrected chi connectivity index (χ1v) is 14.4. The number of rotatable bonds is 6. The lowest BCUT2D eigenvalue weighted by atomic mass is 9.71. The molecular formula is C25H23ClF2N2O5S2. The standard InChI is InChI=1S/C25H23ClF2N2O5S2/c26-18-5-1-13(23(32)30-16-4-6-19(27)20(28)12-16)9-21(18)37(34,35)17-10-14-2-3-15(11-17)25(14,33)22(31)24-29-7-8-36-24/h1,4-9,12,14-15,17,22,31,33H,2-3,10-11H2,(H,30,32)/t14?,15?,17-,22-,25-/m0/s1. The van der Waals surface area contributed by atoms with Gasteiger partial charge in [0.1, 0.15) is 16.7 Å². The van der Waals surface area contributed by atoms with Gasteiger partial charge in [0.15, 0.2) is 21.5 Å². The van der Waals surface area contributed by atoms with Gasteiger partial charge in [0.05, 0.1) is 15.2 Å². The summed E-state index contributed by atoms with van der Waals surface area (Å²) in [6, 6.07) is 6.68. The second kappa shape index (κ2) is 9.70. The van der Waals surface area contributed by atoms with E-state index in [0.29, 0.717) is 17.8 Å². The lowest BCUT2D eigenvalue weighted by molar-refractivity contribution is -0.144. The lowest BCUT2D eigenvalue weighted by Crippen LogP contribution is -2.52. The number of aromatic nitrogens is 1. The van der Waals surface area contributed by atoms with Gasteiger partial charge in [0.25, 0.3) is 5.91 Å². The van der Waals surface area contributed by atoms with Crippen LogP contribution < -0.4 is 5.32 Å². The smallest absolute Gasteiger partial charge is 0.255 e. The average molecular weight is 569 g/mol. The minimum absolute atomic E-state index is 0.00480. The Morgan fingerprint density at radius 3 is 2.46 bits per heavy atom. The first-order chi connectivity index (χ1) is 17.5. The molecule has 0 aliphatic heterocycles. The molecule has 2 bridgehead atoms. The van der Waals surface area contributed by atoms with Crippen LogP contribution in [-0.2, 0) is 9.84 Å². The largest absolute Gasteiger partial charge is 0.386 e. The maximum absolute atomic E-state index is 13.7. The lowest BCUT2D eigenvalue weighted by Gasteiger charge is -2.44. The van der Waals surface area contributed by atoms with E-state index in [-0.39, 0.29) is 34.0 Å². The molecule has 2 aliphatic carbocycles. The van der Waals surface area contributed by atoms with Crippen LogP contribution in [0.25, 0.3) is 0 Å². The van der Waals surface area contributed by atoms with Crippen molar-refractivity contribution < 1.29 is 32.2 Å². The number of anilines is 1. The number of amides is 1. The van der Waals surface area contributed by atoms with Gasteiger partial charge in [-0.25, -0.2) is 22.2 Å². The summed E-state index contributed by atoms with van der Waals surface area (Å²) in [7, 11) is -4.02. The van der Waals surface area contributed by atoms with E-state index in [1.807, 2.05) is 0 Å². The molecule has 3 N–H and O–H groups in total. The summed E-state index contributed by atoms with van der Waals surface area (Å²) in [5.74, 6) is -3.83. The number of fused-ring (bicyclic) bond motifs is 2. The van der Waals surface area contributed by atoms with Crippen LogP contribution in [0.5, 0.6) is 0 Å². The Morgan fingerprint density at radius 2 is 1.84 bits per heavy atom. The number of benzene rings is 2. The van der Waals surface area contributed by atoms with Crippen molar-refractivity contribution in [1.82, 2.24) is 4.98 Å². The number of aliphatic hydroxyl groups is 2. The molecule has 1 heterocycles. The SMILES string of the molecule is O=C(Nc1ccc(F)c(F)c1)c1ccc(Cl)c(S(=O)(=O)[C@H]2CC3CCC(C2)[C@]3(O)[C@@H](O)c2nccs2)c1. The van der Waals surface area contributed by atoms with Crippen LogP contribution in [0.2, 0.25) is 5.02 Å². The molecule has 0 spiro atoms. The van der Waals surface area contributed by atoms with Crippen LogP contribution in [0.15, 0.2) is 52.9 Å². The molecule has 1 amide bonds. The van der Waals surface area contributed by atoms with Crippen LogP contribution in [0.3, 0.4) is 0 Å². The number of nitrogens with zero attached hydrogens (tertiary/aromatic N) is 1. The Labute approximate surface area is 221 Å². The van der Waals surface area contributed by atoms with Crippen LogP contribution >= 0.6 is 22.9 Å². The van der Waals surface area contributed by atoms with E-state index in [4.69, 9.17) is 11.6 Å². The number of thiazole rings is 1. The van der Waals surface area contributed by atoms with Gasteiger partial charge < -0.3 is 15.5 Å². The Morgan fingerprint density at radius 1 is 1.14 bits per heavy atom. The molecule has 0 radical (unpaired) electrons. The third kappa shape index (κ3) is 4.57. The Hall–Kier alpha value is -2.44. The molecule has 196 valence electrons. The van der Waals surface area contributed by atoms with Gasteiger partial charge >= 0.3 is 0 Å². The molecule has 2 aromatic carbocycles. The number of halogens is 3. The highest BCUT2D eigenvalue weighted by molar-refractivity contribution is 7.92. The van der Waals surface area contributed by atoms with Crippen LogP contribution in [-0.4, -0.2) is 40.4 Å². The van der Waals surface area contributed by atoms with Crippen molar-refractivity contribution in [2.45, 2.75) is 47.5 Å². The molecule has 12 heteroatoms. The maximum atomic E-state index is 13.7. The van der Waals surface area contributed by atoms with Crippen molar-refractivity contribution in [3.05, 3.63) is 75.2 Å². The summed E-state index contributed by atoms with van der Waals surface area (Å²) in [6.07, 6.45) is 1.72. The molecule has 2 unspecified atom stereocenters. The van der Waals surface area contributed by atoms with Gasteiger partial charge in [-0.1, -0.05) is 11.6 Å². The van der Waals surface area contributed by atoms with E-state index < -0.39 is 56.2 Å². The number of aliphatic hydroxyl groups excluding tert-OH is 1. The van der Waals surface area contributed by atoms with Crippen molar-refractivity contribution in [3.8, 4) is 0 Å². The van der Waals surface area contributed by atoms with E-state index in [1.54, 1.807) is 11.6 Å². The Kier molecular flexibility index (Phi) is 6.86. The topological polar surface area (TPSA) is 117 Å². The zero-order valence-electron chi connectivity index (χ0n) is 19.3. The van der Waals surface area contributed by atoms with Crippen LogP contribution in [0.4, 0.5) is 14.5 Å². The fraction of sp³-hybridized carbons (Fsp3) is 0.360. The molecule has 5 rings (SSSR count). The second-order valence-corrected chi connectivity index (χ2v) is 13.0. The third-order valence-corrected chi connectivity index (χ3v) is 11.0. The van der Waals surface area contributed by atoms with E-state index in [1.165, 1.54) is 35.6 Å². The van der Waals surface area contributed by atoms with Crippen LogP contribution in [0, 0.1) is 23.5 Å². The van der Waals surface area contributed by atoms with Crippen molar-refractivity contribution in [2.75, 3.05) is 5.32 Å². The summed E-state index contributed by atoms with van der Waals surface area (Å²) in [6.45, 7) is 0. The van der Waals surface area contributed by atoms with Crippen molar-refractivity contribution >= 4 is 44.4 Å². The van der Waals surface area contributed by atoms with Crippen LogP contribution in [0.1, 0.15) is 47.2 Å². The molecule has 7 nitrogen and oxygen atoms in total. The number of hydrogen-bond acceptors (Lipinski definition) is 7. The van der Waals surface area contributed by atoms with Gasteiger partial charge in [0, 0.05) is 28.9 Å². The predicted octanol–water partition coefficient (Wildman–Crippen LogP) is 4.75. The van der Waals surface area contributed by atoms with Gasteiger partial charge in [0.2, 0.25) is 0 Å². The monoisotopic (exact) mass is 568 g/mol. The normalized spacial score (nSPS) is 26.1. The van der Waals surface area contributed by atoms with Gasteiger partial charge in [-0.05, 0) is 67.9 Å². The first kappa shape index (κ1) is 26.2. The average Bonchev–Trinajstić information content (AvgIpc) is 3.43. The number of hydrogen-bond donors (Lipinski definition) is 3. The summed E-state index contributed by atoms with van der Waals surface area (Å²) in [5.41, 5.74) is -1.49. The highest BCUT2D eigenvalue weighted by Crippen LogP contribution is 2.56. The van der Waals surface area contributed by atoms with E-state index in [9.17, 15) is 32.2 Å². The van der Waals surface area contributed by atoms with Gasteiger partial charge in [-0.15, -0.1) is 11.3 Å². The summed E-state index contributed by atoms with van der Waals surface area (Å²) in [5, 5.41) is 26.0. The predicted molar refractivity (Wildman–Crippen MR) is 134 cm³/mol. The molecule has 2 saturated carbocycles. The zero-order valence-corrected chi connectivity index (χ0v) is 21.7. The quantitative estimate of drug-likeness (QED) is 0.395. The van der Waals surface area contributed by atoms with Gasteiger partial charge in [-0.2, -0.15) is 0 Å². The molecule has 37 heavy (non-hydrogen) atoms. The number of nitrogens with one attached hydrogen (secondary N) is 1. The Bertz CT molecular complexity index is 1440. The zero-order chi connectivity index (χ0) is 26.5. The number of carbonyl (C=O) groups is 1. The number of sulfone groups is 1. The minimum Gasteiger partial charge on any atom is -0.386 e. The first-order valence-electron chi connectivity index (χ1n) is 11.6.